The van der Waals surface area contributed by atoms with Crippen LogP contribution in [-0.2, 0) is 19.1 Å². The van der Waals surface area contributed by atoms with Gasteiger partial charge in [0.25, 0.3) is 0 Å². The molecule has 0 radical (unpaired) electrons. The summed E-state index contributed by atoms with van der Waals surface area (Å²) in [4.78, 5) is 24.3. The first-order chi connectivity index (χ1) is 25.6. The maximum atomic E-state index is 12.2. The molecule has 0 aliphatic rings. The zero-order valence-electron chi connectivity index (χ0n) is 33.5. The molecule has 0 unspecified atom stereocenters. The summed E-state index contributed by atoms with van der Waals surface area (Å²) in [5, 5.41) is 9.56. The summed E-state index contributed by atoms with van der Waals surface area (Å²) >= 11 is 0. The normalized spacial score (nSPS) is 13.1. The first-order valence-corrected chi connectivity index (χ1v) is 21.1. The number of esters is 2. The second-order valence-corrected chi connectivity index (χ2v) is 13.7. The number of aliphatic hydroxyl groups is 1. The van der Waals surface area contributed by atoms with Crippen LogP contribution >= 0.6 is 0 Å². The van der Waals surface area contributed by atoms with Crippen LogP contribution in [0.5, 0.6) is 0 Å². The average Bonchev–Trinajstić information content (AvgIpc) is 3.15. The van der Waals surface area contributed by atoms with Crippen LogP contribution in [0.15, 0.2) is 85.1 Å². The van der Waals surface area contributed by atoms with E-state index >= 15 is 0 Å². The third-order valence-corrected chi connectivity index (χ3v) is 8.66. The van der Waals surface area contributed by atoms with Gasteiger partial charge in [0.05, 0.1) is 6.61 Å². The first-order valence-electron chi connectivity index (χ1n) is 21.1. The van der Waals surface area contributed by atoms with Crippen molar-refractivity contribution in [3.8, 4) is 0 Å². The third kappa shape index (κ3) is 39.9. The number of rotatable bonds is 37. The fourth-order valence-corrected chi connectivity index (χ4v) is 5.43. The van der Waals surface area contributed by atoms with Crippen molar-refractivity contribution in [2.45, 2.75) is 187 Å². The molecule has 0 heterocycles. The van der Waals surface area contributed by atoms with Gasteiger partial charge in [0.1, 0.15) is 6.61 Å². The molecule has 0 aromatic carbocycles. The molecule has 5 heteroatoms. The Kier molecular flexibility index (Phi) is 40.1. The van der Waals surface area contributed by atoms with Gasteiger partial charge in [0, 0.05) is 12.8 Å². The van der Waals surface area contributed by atoms with Crippen LogP contribution in [0, 0.1) is 0 Å². The Morgan fingerprint density at radius 2 is 0.788 bits per heavy atom. The van der Waals surface area contributed by atoms with Crippen LogP contribution in [-0.4, -0.2) is 36.4 Å². The van der Waals surface area contributed by atoms with E-state index in [0.717, 1.165) is 70.6 Å². The zero-order chi connectivity index (χ0) is 37.8. The van der Waals surface area contributed by atoms with Gasteiger partial charge in [-0.05, 0) is 89.9 Å². The van der Waals surface area contributed by atoms with Gasteiger partial charge in [-0.15, -0.1) is 0 Å². The fourth-order valence-electron chi connectivity index (χ4n) is 5.43. The van der Waals surface area contributed by atoms with E-state index in [0.29, 0.717) is 19.3 Å². The lowest BCUT2D eigenvalue weighted by Crippen LogP contribution is -2.28. The highest BCUT2D eigenvalue weighted by molar-refractivity contribution is 5.70. The molecule has 0 spiro atoms. The molecule has 0 bridgehead atoms. The number of hydrogen-bond acceptors (Lipinski definition) is 5. The highest BCUT2D eigenvalue weighted by Crippen LogP contribution is 2.10. The van der Waals surface area contributed by atoms with E-state index < -0.39 is 6.10 Å². The van der Waals surface area contributed by atoms with Crippen LogP contribution in [0.3, 0.4) is 0 Å². The van der Waals surface area contributed by atoms with Crippen LogP contribution in [0.1, 0.15) is 181 Å². The average molecular weight is 723 g/mol. The lowest BCUT2D eigenvalue weighted by atomic mass is 10.1. The zero-order valence-corrected chi connectivity index (χ0v) is 33.5. The minimum absolute atomic E-state index is 0.108. The van der Waals surface area contributed by atoms with Crippen molar-refractivity contribution in [3.05, 3.63) is 85.1 Å². The molecule has 1 N–H and O–H groups in total. The highest BCUT2D eigenvalue weighted by Gasteiger charge is 2.16. The summed E-state index contributed by atoms with van der Waals surface area (Å²) in [5.74, 6) is -0.688. The molecular weight excluding hydrogens is 645 g/mol. The Hall–Kier alpha value is -2.92. The van der Waals surface area contributed by atoms with Gasteiger partial charge in [-0.2, -0.15) is 0 Å². The first kappa shape index (κ1) is 49.1. The number of allylic oxidation sites excluding steroid dienone is 14. The molecule has 0 aromatic rings. The molecule has 1 atom stereocenters. The summed E-state index contributed by atoms with van der Waals surface area (Å²) in [7, 11) is 0. The molecule has 0 aliphatic heterocycles. The summed E-state index contributed by atoms with van der Waals surface area (Å²) in [6, 6.07) is 0. The van der Waals surface area contributed by atoms with Crippen LogP contribution in [0.4, 0.5) is 0 Å². The van der Waals surface area contributed by atoms with Crippen molar-refractivity contribution >= 4 is 11.9 Å². The van der Waals surface area contributed by atoms with Gasteiger partial charge in [-0.1, -0.05) is 163 Å². The number of hydrogen-bond donors (Lipinski definition) is 1. The van der Waals surface area contributed by atoms with Gasteiger partial charge in [-0.25, -0.2) is 0 Å². The van der Waals surface area contributed by atoms with E-state index in [4.69, 9.17) is 9.47 Å². The van der Waals surface area contributed by atoms with Gasteiger partial charge in [-0.3, -0.25) is 9.59 Å². The standard InChI is InChI=1S/C47H78O5/c1-3-5-7-9-11-13-15-17-19-21-22-23-24-26-27-29-31-33-35-37-39-41-46(49)51-44-45(43-48)52-47(50)42-40-38-36-34-32-30-28-25-20-18-16-14-12-10-8-6-4-2/h12,14,18-21,23-24,27-30,33,35,45,48H,3-11,13,15-17,22,25-26,31-32,34,36-44H2,1-2H3/b14-12+,20-18+,21-19+,24-23+,29-27+,30-28+,35-33+/t45-/m0/s1. The van der Waals surface area contributed by atoms with Gasteiger partial charge >= 0.3 is 11.9 Å². The molecule has 52 heavy (non-hydrogen) atoms. The van der Waals surface area contributed by atoms with Crippen LogP contribution in [0.25, 0.3) is 0 Å². The summed E-state index contributed by atoms with van der Waals surface area (Å²) in [6.07, 6.45) is 57.9. The second-order valence-electron chi connectivity index (χ2n) is 13.7. The monoisotopic (exact) mass is 723 g/mol. The molecule has 0 rings (SSSR count). The lowest BCUT2D eigenvalue weighted by molar-refractivity contribution is -0.161. The molecular formula is C47H78O5. The number of unbranched alkanes of at least 4 members (excludes halogenated alkanes) is 15. The second kappa shape index (κ2) is 42.5. The number of carbonyl (C=O) groups is 2. The Morgan fingerprint density at radius 3 is 1.25 bits per heavy atom. The number of aliphatic hydroxyl groups excluding tert-OH is 1. The van der Waals surface area contributed by atoms with Crippen LogP contribution in [0.2, 0.25) is 0 Å². The molecule has 5 nitrogen and oxygen atoms in total. The smallest absolute Gasteiger partial charge is 0.306 e. The Morgan fingerprint density at radius 1 is 0.442 bits per heavy atom. The maximum Gasteiger partial charge on any atom is 0.306 e. The largest absolute Gasteiger partial charge is 0.462 e. The summed E-state index contributed by atoms with van der Waals surface area (Å²) in [5.41, 5.74) is 0. The molecule has 0 aromatic heterocycles. The molecule has 0 amide bonds. The van der Waals surface area contributed by atoms with Gasteiger partial charge < -0.3 is 14.6 Å². The number of carbonyl (C=O) groups excluding carboxylic acids is 2. The van der Waals surface area contributed by atoms with E-state index in [-0.39, 0.29) is 25.2 Å². The van der Waals surface area contributed by atoms with Crippen molar-refractivity contribution in [2.24, 2.45) is 0 Å². The maximum absolute atomic E-state index is 12.2. The highest BCUT2D eigenvalue weighted by atomic mass is 16.6. The topological polar surface area (TPSA) is 72.8 Å². The molecule has 0 fully saturated rings. The lowest BCUT2D eigenvalue weighted by Gasteiger charge is -2.15. The van der Waals surface area contributed by atoms with Gasteiger partial charge in [0.15, 0.2) is 6.10 Å². The summed E-state index contributed by atoms with van der Waals surface area (Å²) < 4.78 is 10.6. The minimum atomic E-state index is -0.810. The van der Waals surface area contributed by atoms with Gasteiger partial charge in [0.2, 0.25) is 0 Å². The fraction of sp³-hybridized carbons (Fsp3) is 0.660. The summed E-state index contributed by atoms with van der Waals surface area (Å²) in [6.45, 7) is 4.03. The van der Waals surface area contributed by atoms with E-state index in [1.54, 1.807) is 0 Å². The van der Waals surface area contributed by atoms with Crippen LogP contribution < -0.4 is 0 Å². The molecule has 0 saturated carbocycles. The number of ether oxygens (including phenoxy) is 2. The Balaban J connectivity index is 3.72. The van der Waals surface area contributed by atoms with E-state index in [1.165, 1.54) is 77.0 Å². The quantitative estimate of drug-likeness (QED) is 0.0393. The van der Waals surface area contributed by atoms with Crippen molar-refractivity contribution < 1.29 is 24.2 Å². The van der Waals surface area contributed by atoms with Crippen molar-refractivity contribution in [2.75, 3.05) is 13.2 Å². The SMILES string of the molecule is CCCCC/C=C/C/C=C/C/C=C/CCCCCCC(=O)O[C@@H](CO)COC(=O)CCC/C=C/C/C=C/C/C=C/C/C=C/CCCCCCCCC. The van der Waals surface area contributed by atoms with Crippen molar-refractivity contribution in [1.82, 2.24) is 0 Å². The molecule has 0 saturated heterocycles. The predicted molar refractivity (Wildman–Crippen MR) is 223 cm³/mol. The van der Waals surface area contributed by atoms with E-state index in [9.17, 15) is 14.7 Å². The van der Waals surface area contributed by atoms with Crippen molar-refractivity contribution in [3.63, 3.8) is 0 Å². The van der Waals surface area contributed by atoms with E-state index in [2.05, 4.69) is 98.9 Å². The molecule has 0 aliphatic carbocycles. The van der Waals surface area contributed by atoms with Crippen molar-refractivity contribution in [1.29, 1.82) is 0 Å². The Labute approximate surface area is 320 Å². The minimum Gasteiger partial charge on any atom is -0.462 e. The van der Waals surface area contributed by atoms with E-state index in [1.807, 2.05) is 0 Å². The Bertz CT molecular complexity index is 999. The predicted octanol–water partition coefficient (Wildman–Crippen LogP) is 13.5. The third-order valence-electron chi connectivity index (χ3n) is 8.66. The molecule has 296 valence electrons.